The Morgan fingerprint density at radius 1 is 1.50 bits per heavy atom. The Balaban J connectivity index is 3.33. The molecule has 0 radical (unpaired) electrons. The van der Waals surface area contributed by atoms with Gasteiger partial charge in [0, 0.05) is 10.4 Å². The van der Waals surface area contributed by atoms with Crippen LogP contribution in [-0.2, 0) is 0 Å². The molecule has 0 saturated carbocycles. The third-order valence-corrected chi connectivity index (χ3v) is 2.68. The first-order valence-electron chi connectivity index (χ1n) is 3.62. The van der Waals surface area contributed by atoms with E-state index >= 15 is 0 Å². The lowest BCUT2D eigenvalue weighted by Gasteiger charge is -2.09. The second-order valence-electron chi connectivity index (χ2n) is 2.71. The maximum Gasteiger partial charge on any atom is 0.129 e. The zero-order valence-electron chi connectivity index (χ0n) is 6.87. The van der Waals surface area contributed by atoms with E-state index < -0.39 is 0 Å². The van der Waals surface area contributed by atoms with E-state index in [2.05, 4.69) is 15.9 Å². The summed E-state index contributed by atoms with van der Waals surface area (Å²) in [6.45, 7) is 3.71. The molecule has 0 aliphatic carbocycles. The summed E-state index contributed by atoms with van der Waals surface area (Å²) in [5.41, 5.74) is 1.44. The van der Waals surface area contributed by atoms with Crippen molar-refractivity contribution in [3.63, 3.8) is 0 Å². The summed E-state index contributed by atoms with van der Waals surface area (Å²) >= 11 is 9.22. The highest BCUT2D eigenvalue weighted by molar-refractivity contribution is 9.09. The van der Waals surface area contributed by atoms with Crippen LogP contribution >= 0.6 is 27.5 Å². The van der Waals surface area contributed by atoms with Crippen LogP contribution < -0.4 is 0 Å². The number of hydrogen-bond acceptors (Lipinski definition) is 0. The fraction of sp³-hybridized carbons (Fsp3) is 0.333. The second kappa shape index (κ2) is 3.75. The van der Waals surface area contributed by atoms with Crippen LogP contribution in [-0.4, -0.2) is 0 Å². The number of benzene rings is 1. The van der Waals surface area contributed by atoms with Crippen LogP contribution in [0.2, 0.25) is 5.02 Å². The van der Waals surface area contributed by atoms with Gasteiger partial charge in [-0.3, -0.25) is 0 Å². The van der Waals surface area contributed by atoms with Crippen LogP contribution in [0.25, 0.3) is 0 Å². The third-order valence-electron chi connectivity index (χ3n) is 1.72. The molecule has 0 fully saturated rings. The van der Waals surface area contributed by atoms with Gasteiger partial charge in [0.2, 0.25) is 0 Å². The Morgan fingerprint density at radius 2 is 2.08 bits per heavy atom. The maximum atomic E-state index is 13.2. The van der Waals surface area contributed by atoms with Crippen LogP contribution in [0.15, 0.2) is 12.1 Å². The standard InChI is InChI=1S/C9H9BrClF/c1-5-3-4-7(12)8(6(2)10)9(5)11/h3-4,6H,1-2H3. The predicted molar refractivity (Wildman–Crippen MR) is 53.5 cm³/mol. The molecule has 1 rings (SSSR count). The Hall–Kier alpha value is -0.0800. The summed E-state index contributed by atoms with van der Waals surface area (Å²) in [7, 11) is 0. The molecule has 1 unspecified atom stereocenters. The van der Waals surface area contributed by atoms with E-state index in [0.29, 0.717) is 10.6 Å². The number of aryl methyl sites for hydroxylation is 1. The van der Waals surface area contributed by atoms with E-state index in [1.165, 1.54) is 6.07 Å². The van der Waals surface area contributed by atoms with E-state index in [1.807, 2.05) is 13.8 Å². The quantitative estimate of drug-likeness (QED) is 0.655. The first-order valence-corrected chi connectivity index (χ1v) is 4.92. The summed E-state index contributed by atoms with van der Waals surface area (Å²) in [5, 5.41) is 0.513. The number of rotatable bonds is 1. The molecule has 0 N–H and O–H groups in total. The van der Waals surface area contributed by atoms with Crippen molar-refractivity contribution >= 4 is 27.5 Å². The fourth-order valence-electron chi connectivity index (χ4n) is 1.04. The SMILES string of the molecule is Cc1ccc(F)c(C(C)Br)c1Cl. The Kier molecular flexibility index (Phi) is 3.13. The average molecular weight is 252 g/mol. The molecule has 66 valence electrons. The minimum Gasteiger partial charge on any atom is -0.207 e. The third kappa shape index (κ3) is 1.80. The van der Waals surface area contributed by atoms with Crippen molar-refractivity contribution in [3.05, 3.63) is 34.1 Å². The highest BCUT2D eigenvalue weighted by atomic mass is 79.9. The Labute approximate surface area is 84.9 Å². The topological polar surface area (TPSA) is 0 Å². The summed E-state index contributed by atoms with van der Waals surface area (Å²) in [4.78, 5) is -0.0510. The predicted octanol–water partition coefficient (Wildman–Crippen LogP) is 4.24. The van der Waals surface area contributed by atoms with Gasteiger partial charge in [0.15, 0.2) is 0 Å². The van der Waals surface area contributed by atoms with Crippen LogP contribution in [0.3, 0.4) is 0 Å². The smallest absolute Gasteiger partial charge is 0.129 e. The van der Waals surface area contributed by atoms with E-state index in [1.54, 1.807) is 6.07 Å². The first-order chi connectivity index (χ1) is 5.54. The van der Waals surface area contributed by atoms with E-state index in [4.69, 9.17) is 11.6 Å². The van der Waals surface area contributed by atoms with Gasteiger partial charge < -0.3 is 0 Å². The van der Waals surface area contributed by atoms with Crippen molar-refractivity contribution in [1.82, 2.24) is 0 Å². The van der Waals surface area contributed by atoms with Gasteiger partial charge in [-0.1, -0.05) is 33.6 Å². The molecule has 1 aromatic rings. The van der Waals surface area contributed by atoms with Crippen LogP contribution in [0, 0.1) is 12.7 Å². The maximum absolute atomic E-state index is 13.2. The normalized spacial score (nSPS) is 13.1. The van der Waals surface area contributed by atoms with Crippen LogP contribution in [0.1, 0.15) is 22.9 Å². The van der Waals surface area contributed by atoms with Crippen molar-refractivity contribution < 1.29 is 4.39 Å². The lowest BCUT2D eigenvalue weighted by Crippen LogP contribution is -1.93. The van der Waals surface area contributed by atoms with Gasteiger partial charge in [0.05, 0.1) is 5.02 Å². The van der Waals surface area contributed by atoms with Crippen molar-refractivity contribution in [3.8, 4) is 0 Å². The highest BCUT2D eigenvalue weighted by Gasteiger charge is 2.13. The number of hydrogen-bond donors (Lipinski definition) is 0. The molecule has 0 saturated heterocycles. The van der Waals surface area contributed by atoms with E-state index in [-0.39, 0.29) is 10.6 Å². The van der Waals surface area contributed by atoms with Gasteiger partial charge >= 0.3 is 0 Å². The molecule has 0 heterocycles. The van der Waals surface area contributed by atoms with Crippen molar-refractivity contribution in [2.45, 2.75) is 18.7 Å². The summed E-state index contributed by atoms with van der Waals surface area (Å²) in [5.74, 6) is -0.255. The molecule has 0 amide bonds. The molecule has 1 aromatic carbocycles. The molecule has 1 atom stereocenters. The Bertz CT molecular complexity index is 297. The lowest BCUT2D eigenvalue weighted by atomic mass is 10.1. The molecule has 0 aliphatic rings. The number of halogens is 3. The molecule has 12 heavy (non-hydrogen) atoms. The molecular formula is C9H9BrClF. The monoisotopic (exact) mass is 250 g/mol. The highest BCUT2D eigenvalue weighted by Crippen LogP contribution is 2.33. The molecule has 3 heteroatoms. The van der Waals surface area contributed by atoms with Crippen LogP contribution in [0.4, 0.5) is 4.39 Å². The van der Waals surface area contributed by atoms with E-state index in [0.717, 1.165) is 5.56 Å². The Morgan fingerprint density at radius 3 is 2.50 bits per heavy atom. The van der Waals surface area contributed by atoms with Gasteiger partial charge in [-0.05, 0) is 25.5 Å². The van der Waals surface area contributed by atoms with Gasteiger partial charge in [-0.2, -0.15) is 0 Å². The molecular weight excluding hydrogens is 242 g/mol. The van der Waals surface area contributed by atoms with Gasteiger partial charge in [-0.15, -0.1) is 0 Å². The first kappa shape index (κ1) is 10.0. The molecule has 0 nitrogen and oxygen atoms in total. The van der Waals surface area contributed by atoms with Crippen molar-refractivity contribution in [1.29, 1.82) is 0 Å². The zero-order valence-corrected chi connectivity index (χ0v) is 9.21. The van der Waals surface area contributed by atoms with Gasteiger partial charge in [0.1, 0.15) is 5.82 Å². The molecule has 0 aromatic heterocycles. The molecule has 0 aliphatic heterocycles. The fourth-order valence-corrected chi connectivity index (χ4v) is 1.94. The summed E-state index contributed by atoms with van der Waals surface area (Å²) < 4.78 is 13.2. The average Bonchev–Trinajstić information content (AvgIpc) is 1.97. The summed E-state index contributed by atoms with van der Waals surface area (Å²) in [6, 6.07) is 3.12. The minimum absolute atomic E-state index is 0.0510. The lowest BCUT2D eigenvalue weighted by molar-refractivity contribution is 0.611. The number of alkyl halides is 1. The zero-order chi connectivity index (χ0) is 9.30. The van der Waals surface area contributed by atoms with E-state index in [9.17, 15) is 4.39 Å². The van der Waals surface area contributed by atoms with Gasteiger partial charge in [-0.25, -0.2) is 4.39 Å². The minimum atomic E-state index is -0.255. The van der Waals surface area contributed by atoms with Crippen LogP contribution in [0.5, 0.6) is 0 Å². The molecule has 0 bridgehead atoms. The largest absolute Gasteiger partial charge is 0.207 e. The van der Waals surface area contributed by atoms with Crippen molar-refractivity contribution in [2.24, 2.45) is 0 Å². The molecule has 0 spiro atoms. The summed E-state index contributed by atoms with van der Waals surface area (Å²) in [6.07, 6.45) is 0. The van der Waals surface area contributed by atoms with Crippen molar-refractivity contribution in [2.75, 3.05) is 0 Å². The van der Waals surface area contributed by atoms with Gasteiger partial charge in [0.25, 0.3) is 0 Å². The second-order valence-corrected chi connectivity index (χ2v) is 4.46.